The molecule has 0 aliphatic heterocycles. The summed E-state index contributed by atoms with van der Waals surface area (Å²) in [5.41, 5.74) is -0.390. The second-order valence-electron chi connectivity index (χ2n) is 5.75. The molecule has 0 spiro atoms. The van der Waals surface area contributed by atoms with Gasteiger partial charge >= 0.3 is 5.97 Å². The van der Waals surface area contributed by atoms with E-state index in [2.05, 4.69) is 0 Å². The molecule has 0 fully saturated rings. The summed E-state index contributed by atoms with van der Waals surface area (Å²) in [7, 11) is 2.76. The van der Waals surface area contributed by atoms with Crippen molar-refractivity contribution in [3.63, 3.8) is 0 Å². The molecule has 7 heteroatoms. The van der Waals surface area contributed by atoms with Crippen LogP contribution >= 0.6 is 0 Å². The first kappa shape index (κ1) is 17.5. The van der Waals surface area contributed by atoms with Gasteiger partial charge in [0.1, 0.15) is 22.8 Å². The number of aryl methyl sites for hydroxylation is 1. The van der Waals surface area contributed by atoms with Crippen molar-refractivity contribution in [2.75, 3.05) is 14.2 Å². The minimum atomic E-state index is -1.37. The fourth-order valence-electron chi connectivity index (χ4n) is 3.20. The van der Waals surface area contributed by atoms with E-state index in [-0.39, 0.29) is 45.6 Å². The molecular weight excluding hydrogens is 340 g/mol. The lowest BCUT2D eigenvalue weighted by Crippen LogP contribution is -2.23. The van der Waals surface area contributed by atoms with Crippen LogP contribution in [0.1, 0.15) is 54.7 Å². The van der Waals surface area contributed by atoms with Gasteiger partial charge < -0.3 is 19.7 Å². The van der Waals surface area contributed by atoms with E-state index in [4.69, 9.17) is 9.47 Å². The highest BCUT2D eigenvalue weighted by Crippen LogP contribution is 2.41. The number of methoxy groups -OCH3 is 2. The van der Waals surface area contributed by atoms with E-state index in [9.17, 15) is 24.6 Å². The summed E-state index contributed by atoms with van der Waals surface area (Å²) in [5.74, 6) is -2.79. The topological polar surface area (TPSA) is 110 Å². The first-order valence-electron chi connectivity index (χ1n) is 7.83. The number of rotatable bonds is 4. The Kier molecular flexibility index (Phi) is 4.15. The maximum atomic E-state index is 13.0. The number of fused-ring (bicyclic) bond motifs is 2. The Hall–Kier alpha value is -3.35. The lowest BCUT2D eigenvalue weighted by atomic mass is 9.80. The summed E-state index contributed by atoms with van der Waals surface area (Å²) in [4.78, 5) is 37.5. The van der Waals surface area contributed by atoms with Crippen molar-refractivity contribution in [3.8, 4) is 17.2 Å². The SMILES string of the molecule is CCc1cc2c(c(O)c1C(=O)O)C(=O)c1c(OC)cc(OC)cc1C2=O. The molecule has 2 aromatic rings. The molecule has 3 rings (SSSR count). The molecule has 7 nitrogen and oxygen atoms in total. The number of carbonyl (C=O) groups is 3. The van der Waals surface area contributed by atoms with E-state index in [1.165, 1.54) is 32.4 Å². The van der Waals surface area contributed by atoms with Crippen LogP contribution in [0.4, 0.5) is 0 Å². The maximum absolute atomic E-state index is 13.0. The molecule has 0 aromatic heterocycles. The number of aromatic carboxylic acids is 1. The number of carbonyl (C=O) groups excluding carboxylic acids is 2. The van der Waals surface area contributed by atoms with Crippen LogP contribution in [0.2, 0.25) is 0 Å². The zero-order valence-electron chi connectivity index (χ0n) is 14.4. The predicted molar refractivity (Wildman–Crippen MR) is 90.9 cm³/mol. The largest absolute Gasteiger partial charge is 0.506 e. The Morgan fingerprint density at radius 1 is 1.00 bits per heavy atom. The number of hydrogen-bond acceptors (Lipinski definition) is 6. The fourth-order valence-corrected chi connectivity index (χ4v) is 3.20. The first-order valence-corrected chi connectivity index (χ1v) is 7.83. The van der Waals surface area contributed by atoms with Gasteiger partial charge in [-0.1, -0.05) is 6.92 Å². The number of phenols is 1. The first-order chi connectivity index (χ1) is 12.3. The zero-order chi connectivity index (χ0) is 19.2. The van der Waals surface area contributed by atoms with E-state index >= 15 is 0 Å². The summed E-state index contributed by atoms with van der Waals surface area (Å²) in [5, 5.41) is 19.9. The van der Waals surface area contributed by atoms with Crippen molar-refractivity contribution in [3.05, 3.63) is 51.6 Å². The van der Waals surface area contributed by atoms with Gasteiger partial charge in [0.15, 0.2) is 5.78 Å². The van der Waals surface area contributed by atoms with Crippen molar-refractivity contribution < 1.29 is 34.1 Å². The molecule has 0 radical (unpaired) electrons. The molecule has 0 atom stereocenters. The molecule has 26 heavy (non-hydrogen) atoms. The molecule has 0 saturated heterocycles. The predicted octanol–water partition coefficient (Wildman–Crippen LogP) is 2.45. The van der Waals surface area contributed by atoms with Crippen LogP contribution < -0.4 is 9.47 Å². The quantitative estimate of drug-likeness (QED) is 0.739. The number of ether oxygens (including phenoxy) is 2. The lowest BCUT2D eigenvalue weighted by molar-refractivity contribution is 0.0692. The Morgan fingerprint density at radius 3 is 2.19 bits per heavy atom. The van der Waals surface area contributed by atoms with E-state index in [1.807, 2.05) is 0 Å². The Morgan fingerprint density at radius 2 is 1.65 bits per heavy atom. The van der Waals surface area contributed by atoms with Gasteiger partial charge in [-0.3, -0.25) is 9.59 Å². The second kappa shape index (κ2) is 6.18. The molecule has 0 heterocycles. The van der Waals surface area contributed by atoms with Crippen LogP contribution in [0.3, 0.4) is 0 Å². The van der Waals surface area contributed by atoms with Crippen LogP contribution in [0.5, 0.6) is 17.2 Å². The molecule has 1 aliphatic carbocycles. The molecule has 1 aliphatic rings. The van der Waals surface area contributed by atoms with E-state index in [0.717, 1.165) is 0 Å². The van der Waals surface area contributed by atoms with Crippen molar-refractivity contribution in [1.29, 1.82) is 0 Å². The van der Waals surface area contributed by atoms with E-state index < -0.39 is 23.3 Å². The van der Waals surface area contributed by atoms with Gasteiger partial charge in [-0.2, -0.15) is 0 Å². The third-order valence-electron chi connectivity index (χ3n) is 4.45. The number of hydrogen-bond donors (Lipinski definition) is 2. The highest BCUT2D eigenvalue weighted by atomic mass is 16.5. The Balaban J connectivity index is 2.39. The van der Waals surface area contributed by atoms with Gasteiger partial charge in [0, 0.05) is 17.2 Å². The highest BCUT2D eigenvalue weighted by molar-refractivity contribution is 6.31. The van der Waals surface area contributed by atoms with Crippen molar-refractivity contribution in [2.45, 2.75) is 13.3 Å². The summed E-state index contributed by atoms with van der Waals surface area (Å²) < 4.78 is 10.3. The fraction of sp³-hybridized carbons (Fsp3) is 0.211. The molecule has 134 valence electrons. The molecular formula is C19H16O7. The monoisotopic (exact) mass is 356 g/mol. The van der Waals surface area contributed by atoms with Crippen LogP contribution in [0.15, 0.2) is 18.2 Å². The standard InChI is InChI=1S/C19H16O7/c1-4-8-5-10-15(17(21)13(8)19(23)24)18(22)14-11(16(10)20)6-9(25-2)7-12(14)26-3/h5-7,21H,4H2,1-3H3,(H,23,24). The zero-order valence-corrected chi connectivity index (χ0v) is 14.4. The van der Waals surface area contributed by atoms with Gasteiger partial charge in [0.05, 0.1) is 25.3 Å². The third kappa shape index (κ3) is 2.32. The van der Waals surface area contributed by atoms with Gasteiger partial charge in [-0.25, -0.2) is 4.79 Å². The molecule has 0 amide bonds. The van der Waals surface area contributed by atoms with Gasteiger partial charge in [0.25, 0.3) is 0 Å². The van der Waals surface area contributed by atoms with Crippen molar-refractivity contribution in [1.82, 2.24) is 0 Å². The minimum absolute atomic E-state index is 0.0262. The average Bonchev–Trinajstić information content (AvgIpc) is 2.63. The van der Waals surface area contributed by atoms with Crippen LogP contribution in [0, 0.1) is 0 Å². The van der Waals surface area contributed by atoms with Crippen molar-refractivity contribution >= 4 is 17.5 Å². The van der Waals surface area contributed by atoms with Gasteiger partial charge in [0.2, 0.25) is 5.78 Å². The number of ketones is 2. The summed E-state index contributed by atoms with van der Waals surface area (Å²) in [6.45, 7) is 1.70. The van der Waals surface area contributed by atoms with Gasteiger partial charge in [-0.15, -0.1) is 0 Å². The third-order valence-corrected chi connectivity index (χ3v) is 4.45. The maximum Gasteiger partial charge on any atom is 0.339 e. The van der Waals surface area contributed by atoms with Gasteiger partial charge in [-0.05, 0) is 24.1 Å². The summed E-state index contributed by atoms with van der Waals surface area (Å²) in [6, 6.07) is 4.23. The Labute approximate surface area is 148 Å². The lowest BCUT2D eigenvalue weighted by Gasteiger charge is -2.23. The average molecular weight is 356 g/mol. The van der Waals surface area contributed by atoms with Crippen LogP contribution in [-0.2, 0) is 6.42 Å². The molecule has 2 aromatic carbocycles. The van der Waals surface area contributed by atoms with E-state index in [0.29, 0.717) is 5.75 Å². The molecule has 2 N–H and O–H groups in total. The van der Waals surface area contributed by atoms with Crippen LogP contribution in [0.25, 0.3) is 0 Å². The van der Waals surface area contributed by atoms with E-state index in [1.54, 1.807) is 6.92 Å². The number of carboxylic acid groups (broad SMARTS) is 1. The van der Waals surface area contributed by atoms with Crippen molar-refractivity contribution in [2.24, 2.45) is 0 Å². The summed E-state index contributed by atoms with van der Waals surface area (Å²) >= 11 is 0. The molecule has 0 saturated carbocycles. The smallest absolute Gasteiger partial charge is 0.339 e. The number of benzene rings is 2. The highest BCUT2D eigenvalue weighted by Gasteiger charge is 2.37. The minimum Gasteiger partial charge on any atom is -0.506 e. The summed E-state index contributed by atoms with van der Waals surface area (Å²) in [6.07, 6.45) is 0.276. The normalized spacial score (nSPS) is 12.4. The molecule has 0 bridgehead atoms. The number of aromatic hydroxyl groups is 1. The second-order valence-corrected chi connectivity index (χ2v) is 5.75. The Bertz CT molecular complexity index is 973. The number of carboxylic acids is 1. The molecule has 0 unspecified atom stereocenters. The van der Waals surface area contributed by atoms with Crippen LogP contribution in [-0.4, -0.2) is 42.0 Å².